The quantitative estimate of drug-likeness (QED) is 0.0126. The zero-order valence-corrected chi connectivity index (χ0v) is 44.2. The van der Waals surface area contributed by atoms with Crippen LogP contribution in [0.5, 0.6) is 5.75 Å². The van der Waals surface area contributed by atoms with E-state index in [0.29, 0.717) is 87.5 Å². The van der Waals surface area contributed by atoms with Gasteiger partial charge in [0.05, 0.1) is 19.8 Å². The van der Waals surface area contributed by atoms with Crippen LogP contribution in [0, 0.1) is 56.8 Å². The summed E-state index contributed by atoms with van der Waals surface area (Å²) in [6.07, 6.45) is 2.95. The number of azide groups is 1. The summed E-state index contributed by atoms with van der Waals surface area (Å²) in [5.74, 6) is -4.44. The molecular formula is C54H54BrF5N6O11. The number of rotatable bonds is 10. The van der Waals surface area contributed by atoms with Crippen LogP contribution in [0.4, 0.5) is 22.0 Å². The maximum absolute atomic E-state index is 13.3. The number of benzene rings is 5. The Bertz CT molecular complexity index is 3170. The lowest BCUT2D eigenvalue weighted by Crippen LogP contribution is -2.06. The number of carboxylic acids is 1. The second-order valence-corrected chi connectivity index (χ2v) is 16.1. The van der Waals surface area contributed by atoms with Gasteiger partial charge in [-0.3, -0.25) is 19.2 Å². The van der Waals surface area contributed by atoms with Gasteiger partial charge < -0.3 is 39.4 Å². The van der Waals surface area contributed by atoms with Gasteiger partial charge in [-0.15, -0.1) is 0 Å². The Labute approximate surface area is 446 Å². The molecule has 0 aliphatic rings. The van der Waals surface area contributed by atoms with E-state index >= 15 is 0 Å². The van der Waals surface area contributed by atoms with E-state index in [2.05, 4.69) is 50.4 Å². The largest absolute Gasteiger partial charge is 0.505 e. The normalized spacial score (nSPS) is 9.78. The molecule has 0 saturated heterocycles. The molecule has 8 aromatic rings. The minimum atomic E-state index is -1.04. The number of nitrogens with one attached hydrogen (secondary N) is 3. The molecule has 0 amide bonds. The van der Waals surface area contributed by atoms with Crippen LogP contribution in [0.3, 0.4) is 0 Å². The van der Waals surface area contributed by atoms with E-state index in [1.165, 1.54) is 30.3 Å². The van der Waals surface area contributed by atoms with E-state index in [1.54, 1.807) is 84.9 Å². The summed E-state index contributed by atoms with van der Waals surface area (Å²) in [5, 5.41) is 22.8. The smallest absolute Gasteiger partial charge is 0.354 e. The van der Waals surface area contributed by atoms with Crippen LogP contribution in [0.2, 0.25) is 0 Å². The van der Waals surface area contributed by atoms with Crippen molar-refractivity contribution in [1.29, 1.82) is 0 Å². The molecular weight excluding hydrogens is 1080 g/mol. The fourth-order valence-corrected chi connectivity index (χ4v) is 6.07. The molecule has 0 fully saturated rings. The highest BCUT2D eigenvalue weighted by molar-refractivity contribution is 9.09. The Morgan fingerprint density at radius 1 is 0.597 bits per heavy atom. The number of H-pyrrole nitrogens is 3. The molecule has 0 unspecified atom stereocenters. The highest BCUT2D eigenvalue weighted by Gasteiger charge is 2.12. The predicted octanol–water partition coefficient (Wildman–Crippen LogP) is 12.8. The molecule has 408 valence electrons. The molecule has 0 aliphatic heterocycles. The van der Waals surface area contributed by atoms with E-state index in [-0.39, 0.29) is 47.0 Å². The summed E-state index contributed by atoms with van der Waals surface area (Å²) in [7, 11) is 0. The number of hydrogen-bond donors (Lipinski definition) is 5. The van der Waals surface area contributed by atoms with Crippen LogP contribution in [0.1, 0.15) is 84.7 Å². The van der Waals surface area contributed by atoms with Crippen molar-refractivity contribution in [3.63, 3.8) is 0 Å². The first-order valence-corrected chi connectivity index (χ1v) is 23.9. The summed E-state index contributed by atoms with van der Waals surface area (Å²) in [4.78, 5) is 73.6. The van der Waals surface area contributed by atoms with Gasteiger partial charge in [-0.2, -0.15) is 0 Å². The molecule has 0 radical (unpaired) electrons. The highest BCUT2D eigenvalue weighted by atomic mass is 79.9. The van der Waals surface area contributed by atoms with Crippen molar-refractivity contribution < 1.29 is 75.1 Å². The van der Waals surface area contributed by atoms with Crippen molar-refractivity contribution in [3.8, 4) is 5.75 Å². The van der Waals surface area contributed by atoms with Crippen molar-refractivity contribution in [2.24, 2.45) is 5.11 Å². The third-order valence-corrected chi connectivity index (χ3v) is 10.2. The van der Waals surface area contributed by atoms with Gasteiger partial charge in [-0.05, 0) is 155 Å². The Hall–Kier alpha value is -8.82. The van der Waals surface area contributed by atoms with E-state index < -0.39 is 29.5 Å². The number of aromatic hydroxyl groups is 1. The van der Waals surface area contributed by atoms with Crippen molar-refractivity contribution in [3.05, 3.63) is 181 Å². The molecule has 0 aliphatic carbocycles. The summed E-state index contributed by atoms with van der Waals surface area (Å²) >= 11 is 2.94. The van der Waals surface area contributed by atoms with E-state index in [0.717, 1.165) is 28.6 Å². The first-order chi connectivity index (χ1) is 36.5. The standard InChI is InChI=1S/C12H12FNO2.C10H8FNO2.C9H8FN.C8H7FO.C7H5FO2.C4H7BrO2.C4H7N3O2/c1-3-16-12(15)11-6-8-5-9(13)7(2)4-10(8)14-11;1-5-2-8-6(3-7(5)11)4-9(12-8)10(13)14;1-6-4-9-7(2-3-11-9)5-8(6)10;1-6-2-3-7(5-10)4-8(6)9;8-6-3-5(4-9)1-2-7(6)10;1-2-7-4(6)3-5;1-2-9-4(8)3-6-7-5/h4-6,14H,3H2,1-2H3;2-4,12H,1H3,(H,13,14);2-5,11H,1H3;2-5H,1H3;1-4,10H;2-3H2,1H3;2-3H2,1H3. The summed E-state index contributed by atoms with van der Waals surface area (Å²) in [5.41, 5.74) is 13.4. The number of phenols is 1. The molecule has 0 saturated carbocycles. The molecule has 0 atom stereocenters. The number of aromatic carboxylic acids is 1. The number of aromatic nitrogens is 3. The van der Waals surface area contributed by atoms with Gasteiger partial charge in [0.2, 0.25) is 0 Å². The van der Waals surface area contributed by atoms with E-state index in [1.807, 2.05) is 18.3 Å². The van der Waals surface area contributed by atoms with Crippen LogP contribution in [-0.4, -0.2) is 93.3 Å². The molecule has 0 bridgehead atoms. The first kappa shape index (κ1) is 64.3. The number of hydrogen-bond acceptors (Lipinski definition) is 11. The number of esters is 3. The molecule has 77 heavy (non-hydrogen) atoms. The van der Waals surface area contributed by atoms with Gasteiger partial charge in [0.25, 0.3) is 0 Å². The topological polar surface area (TPSA) is 267 Å². The van der Waals surface area contributed by atoms with Crippen molar-refractivity contribution in [1.82, 2.24) is 15.0 Å². The Kier molecular flexibility index (Phi) is 27.7. The van der Waals surface area contributed by atoms with Crippen molar-refractivity contribution in [2.45, 2.75) is 48.5 Å². The third kappa shape index (κ3) is 21.9. The molecule has 23 heteroatoms. The van der Waals surface area contributed by atoms with Crippen LogP contribution in [0.15, 0.2) is 102 Å². The zero-order chi connectivity index (χ0) is 57.8. The second kappa shape index (κ2) is 33.2. The number of aromatic amines is 3. The predicted molar refractivity (Wildman–Crippen MR) is 283 cm³/mol. The Morgan fingerprint density at radius 3 is 1.51 bits per heavy atom. The van der Waals surface area contributed by atoms with Crippen LogP contribution in [-0.2, 0) is 23.8 Å². The zero-order valence-electron chi connectivity index (χ0n) is 42.6. The molecule has 5 aromatic carbocycles. The molecule has 3 aromatic heterocycles. The monoisotopic (exact) mass is 1140 g/mol. The van der Waals surface area contributed by atoms with E-state index in [4.69, 9.17) is 20.5 Å². The maximum Gasteiger partial charge on any atom is 0.354 e. The number of ether oxygens (including phenoxy) is 3. The van der Waals surface area contributed by atoms with Gasteiger partial charge in [0, 0.05) is 54.9 Å². The Morgan fingerprint density at radius 2 is 1.05 bits per heavy atom. The molecule has 17 nitrogen and oxygen atoms in total. The van der Waals surface area contributed by atoms with Gasteiger partial charge in [-0.1, -0.05) is 33.2 Å². The number of carbonyl (C=O) groups excluding carboxylic acids is 5. The Balaban J connectivity index is 0.000000312. The number of nitrogens with zero attached hydrogens (tertiary/aromatic N) is 3. The minimum Gasteiger partial charge on any atom is -0.505 e. The summed E-state index contributed by atoms with van der Waals surface area (Å²) in [6, 6.07) is 22.1. The molecule has 3 heterocycles. The molecule has 5 N–H and O–H groups in total. The van der Waals surface area contributed by atoms with Gasteiger partial charge in [0.1, 0.15) is 59.1 Å². The number of alkyl halides is 1. The van der Waals surface area contributed by atoms with Crippen LogP contribution >= 0.6 is 15.9 Å². The SMILES string of the molecule is CCOC(=O)CBr.CCOC(=O)CN=[N+]=[N-].CCOC(=O)c1cc2cc(F)c(C)cc2[nH]1.Cc1cc2[nH]c(C(=O)O)cc2cc1F.Cc1cc2[nH]ccc2cc1F.Cc1ccc(C=O)cc1F.O=Cc1ccc(O)c(F)c1. The lowest BCUT2D eigenvalue weighted by molar-refractivity contribution is -0.141. The van der Waals surface area contributed by atoms with Gasteiger partial charge in [0.15, 0.2) is 11.6 Å². The number of carbonyl (C=O) groups is 6. The molecule has 8 rings (SSSR count). The highest BCUT2D eigenvalue weighted by Crippen LogP contribution is 2.22. The first-order valence-electron chi connectivity index (χ1n) is 22.8. The number of phenolic OH excluding ortho intramolecular Hbond substituents is 1. The minimum absolute atomic E-state index is 0.0741. The average molecular weight is 1140 g/mol. The fourth-order valence-electron chi connectivity index (χ4n) is 5.91. The molecule has 0 spiro atoms. The summed E-state index contributed by atoms with van der Waals surface area (Å²) < 4.78 is 78.1. The van der Waals surface area contributed by atoms with Crippen molar-refractivity contribution >= 4 is 85.1 Å². The number of halogens is 6. The fraction of sp³-hybridized carbons (Fsp3) is 0.222. The third-order valence-electron chi connectivity index (χ3n) is 9.78. The van der Waals surface area contributed by atoms with Crippen LogP contribution in [0.25, 0.3) is 43.2 Å². The van der Waals surface area contributed by atoms with Crippen LogP contribution < -0.4 is 0 Å². The summed E-state index contributed by atoms with van der Waals surface area (Å²) in [6.45, 7) is 12.8. The van der Waals surface area contributed by atoms with Crippen molar-refractivity contribution in [2.75, 3.05) is 31.7 Å². The lowest BCUT2D eigenvalue weighted by atomic mass is 10.1. The average Bonchev–Trinajstić information content (AvgIpc) is 4.15. The van der Waals surface area contributed by atoms with Gasteiger partial charge in [-0.25, -0.2) is 31.5 Å². The lowest BCUT2D eigenvalue weighted by Gasteiger charge is -1.97. The van der Waals surface area contributed by atoms with E-state index in [9.17, 15) is 50.7 Å². The number of fused-ring (bicyclic) bond motifs is 3. The number of aryl methyl sites for hydroxylation is 4. The second-order valence-electron chi connectivity index (χ2n) is 15.5. The maximum atomic E-state index is 13.3. The number of aldehydes is 2. The number of carboxylic acid groups (broad SMARTS) is 1. The van der Waals surface area contributed by atoms with Gasteiger partial charge >= 0.3 is 23.9 Å².